The number of halogens is 2. The lowest BCUT2D eigenvalue weighted by molar-refractivity contribution is 0.0605. The summed E-state index contributed by atoms with van der Waals surface area (Å²) in [7, 11) is 0. The van der Waals surface area contributed by atoms with Gasteiger partial charge < -0.3 is 14.7 Å². The number of carbonyl (C=O) groups is 1. The lowest BCUT2D eigenvalue weighted by Crippen LogP contribution is -2.47. The minimum absolute atomic E-state index is 0.137. The Morgan fingerprint density at radius 3 is 2.52 bits per heavy atom. The van der Waals surface area contributed by atoms with E-state index in [1.165, 1.54) is 57.1 Å². The van der Waals surface area contributed by atoms with Crippen molar-refractivity contribution in [3.8, 4) is 0 Å². The fourth-order valence-corrected chi connectivity index (χ4v) is 5.72. The van der Waals surface area contributed by atoms with E-state index in [4.69, 9.17) is 0 Å². The SMILES string of the molecule is O=C(c1cccc(F)c1F)N(CCN1CCCCC1)CC1CCCN(C2CCCC2)C1. The minimum atomic E-state index is -1.02. The van der Waals surface area contributed by atoms with Crippen molar-refractivity contribution in [2.24, 2.45) is 5.92 Å². The van der Waals surface area contributed by atoms with Gasteiger partial charge >= 0.3 is 0 Å². The highest BCUT2D eigenvalue weighted by atomic mass is 19.2. The highest BCUT2D eigenvalue weighted by Gasteiger charge is 2.31. The number of carbonyl (C=O) groups excluding carboxylic acids is 1. The van der Waals surface area contributed by atoms with Crippen LogP contribution in [0.4, 0.5) is 8.78 Å². The molecule has 4 rings (SSSR count). The van der Waals surface area contributed by atoms with Gasteiger partial charge in [0.25, 0.3) is 5.91 Å². The number of hydrogen-bond acceptors (Lipinski definition) is 3. The molecule has 172 valence electrons. The maximum absolute atomic E-state index is 14.4. The Balaban J connectivity index is 1.44. The zero-order valence-corrected chi connectivity index (χ0v) is 18.7. The van der Waals surface area contributed by atoms with Crippen LogP contribution in [-0.4, -0.2) is 72.5 Å². The maximum atomic E-state index is 14.4. The second kappa shape index (κ2) is 10.9. The first-order valence-corrected chi connectivity index (χ1v) is 12.3. The first-order valence-electron chi connectivity index (χ1n) is 12.3. The van der Waals surface area contributed by atoms with Gasteiger partial charge in [0, 0.05) is 32.2 Å². The number of amides is 1. The van der Waals surface area contributed by atoms with Crippen LogP contribution in [0.1, 0.15) is 68.1 Å². The molecule has 1 unspecified atom stereocenters. The van der Waals surface area contributed by atoms with E-state index < -0.39 is 11.6 Å². The molecule has 3 aliphatic rings. The summed E-state index contributed by atoms with van der Waals surface area (Å²) in [6.45, 7) is 6.32. The second-order valence-electron chi connectivity index (χ2n) is 9.70. The van der Waals surface area contributed by atoms with Crippen LogP contribution < -0.4 is 0 Å². The monoisotopic (exact) mass is 433 g/mol. The Hall–Kier alpha value is -1.53. The van der Waals surface area contributed by atoms with Gasteiger partial charge in [0.15, 0.2) is 11.6 Å². The van der Waals surface area contributed by atoms with Gasteiger partial charge in [-0.2, -0.15) is 0 Å². The van der Waals surface area contributed by atoms with Crippen LogP contribution >= 0.6 is 0 Å². The number of rotatable bonds is 7. The molecule has 0 N–H and O–H groups in total. The van der Waals surface area contributed by atoms with Gasteiger partial charge in [-0.05, 0) is 76.2 Å². The van der Waals surface area contributed by atoms with Crippen LogP contribution in [0.3, 0.4) is 0 Å². The van der Waals surface area contributed by atoms with Crippen molar-refractivity contribution in [3.05, 3.63) is 35.4 Å². The minimum Gasteiger partial charge on any atom is -0.337 e. The van der Waals surface area contributed by atoms with Gasteiger partial charge in [0.2, 0.25) is 0 Å². The zero-order chi connectivity index (χ0) is 21.6. The van der Waals surface area contributed by atoms with Crippen molar-refractivity contribution in [2.75, 3.05) is 45.8 Å². The lowest BCUT2D eigenvalue weighted by Gasteiger charge is -2.39. The van der Waals surface area contributed by atoms with Crippen LogP contribution in [0.2, 0.25) is 0 Å². The molecule has 1 saturated carbocycles. The lowest BCUT2D eigenvalue weighted by atomic mass is 9.95. The number of hydrogen-bond donors (Lipinski definition) is 0. The van der Waals surface area contributed by atoms with Crippen molar-refractivity contribution >= 4 is 5.91 Å². The van der Waals surface area contributed by atoms with E-state index in [9.17, 15) is 13.6 Å². The standard InChI is InChI=1S/C25H37F2N3O/c26-23-12-6-11-22(24(23)27)25(31)30(17-16-28-13-4-1-5-14-28)19-20-8-7-15-29(18-20)21-9-2-3-10-21/h6,11-12,20-21H,1-5,7-10,13-19H2. The number of benzene rings is 1. The number of nitrogens with zero attached hydrogens (tertiary/aromatic N) is 3. The number of piperidine rings is 2. The van der Waals surface area contributed by atoms with Crippen molar-refractivity contribution in [2.45, 2.75) is 63.8 Å². The third-order valence-electron chi connectivity index (χ3n) is 7.47. The Kier molecular flexibility index (Phi) is 7.94. The van der Waals surface area contributed by atoms with Crippen LogP contribution in [0.5, 0.6) is 0 Å². The van der Waals surface area contributed by atoms with E-state index in [1.54, 1.807) is 4.90 Å². The molecule has 1 aromatic rings. The summed E-state index contributed by atoms with van der Waals surface area (Å²) in [4.78, 5) is 20.1. The number of likely N-dealkylation sites (tertiary alicyclic amines) is 2. The van der Waals surface area contributed by atoms with E-state index in [0.29, 0.717) is 25.0 Å². The average molecular weight is 434 g/mol. The quantitative estimate of drug-likeness (QED) is 0.631. The Bertz CT molecular complexity index is 731. The largest absolute Gasteiger partial charge is 0.337 e. The molecule has 3 fully saturated rings. The molecule has 0 aromatic heterocycles. The summed E-state index contributed by atoms with van der Waals surface area (Å²) < 4.78 is 28.2. The fourth-order valence-electron chi connectivity index (χ4n) is 5.72. The molecule has 1 aliphatic carbocycles. The van der Waals surface area contributed by atoms with Crippen LogP contribution in [0.25, 0.3) is 0 Å². The van der Waals surface area contributed by atoms with Crippen molar-refractivity contribution < 1.29 is 13.6 Å². The third-order valence-corrected chi connectivity index (χ3v) is 7.47. The fraction of sp³-hybridized carbons (Fsp3) is 0.720. The van der Waals surface area contributed by atoms with Crippen molar-refractivity contribution in [3.63, 3.8) is 0 Å². The van der Waals surface area contributed by atoms with Gasteiger partial charge in [-0.25, -0.2) is 8.78 Å². The summed E-state index contributed by atoms with van der Waals surface area (Å²) in [6.07, 6.45) is 11.2. The van der Waals surface area contributed by atoms with Crippen LogP contribution in [-0.2, 0) is 0 Å². The highest BCUT2D eigenvalue weighted by Crippen LogP contribution is 2.28. The smallest absolute Gasteiger partial charge is 0.256 e. The first-order chi connectivity index (χ1) is 15.1. The molecular weight excluding hydrogens is 396 g/mol. The molecule has 2 saturated heterocycles. The molecule has 1 amide bonds. The molecule has 0 spiro atoms. The van der Waals surface area contributed by atoms with Gasteiger partial charge in [-0.1, -0.05) is 25.3 Å². The molecule has 0 radical (unpaired) electrons. The topological polar surface area (TPSA) is 26.8 Å². The van der Waals surface area contributed by atoms with Gasteiger partial charge in [0.1, 0.15) is 0 Å². The van der Waals surface area contributed by atoms with Gasteiger partial charge in [-0.15, -0.1) is 0 Å². The summed E-state index contributed by atoms with van der Waals surface area (Å²) in [5.74, 6) is -1.94. The van der Waals surface area contributed by atoms with E-state index in [1.807, 2.05) is 0 Å². The summed E-state index contributed by atoms with van der Waals surface area (Å²) in [6, 6.07) is 4.61. The van der Waals surface area contributed by atoms with E-state index in [0.717, 1.165) is 51.6 Å². The predicted octanol–water partition coefficient (Wildman–Crippen LogP) is 4.55. The molecule has 2 heterocycles. The Morgan fingerprint density at radius 1 is 0.968 bits per heavy atom. The first kappa shape index (κ1) is 22.7. The molecular formula is C25H37F2N3O. The van der Waals surface area contributed by atoms with Crippen LogP contribution in [0, 0.1) is 17.6 Å². The molecule has 2 aliphatic heterocycles. The molecule has 6 heteroatoms. The van der Waals surface area contributed by atoms with E-state index in [-0.39, 0.29) is 11.5 Å². The summed E-state index contributed by atoms with van der Waals surface area (Å²) >= 11 is 0. The Labute approximate surface area is 185 Å². The summed E-state index contributed by atoms with van der Waals surface area (Å²) in [5.41, 5.74) is -0.137. The Morgan fingerprint density at radius 2 is 1.74 bits per heavy atom. The van der Waals surface area contributed by atoms with Crippen LogP contribution in [0.15, 0.2) is 18.2 Å². The third kappa shape index (κ3) is 5.83. The molecule has 4 nitrogen and oxygen atoms in total. The zero-order valence-electron chi connectivity index (χ0n) is 18.7. The average Bonchev–Trinajstić information content (AvgIpc) is 3.34. The van der Waals surface area contributed by atoms with Gasteiger partial charge in [-0.3, -0.25) is 4.79 Å². The molecule has 1 atom stereocenters. The normalized spacial score (nSPS) is 23.9. The second-order valence-corrected chi connectivity index (χ2v) is 9.70. The summed E-state index contributed by atoms with van der Waals surface area (Å²) in [5, 5.41) is 0. The maximum Gasteiger partial charge on any atom is 0.256 e. The van der Waals surface area contributed by atoms with Crippen molar-refractivity contribution in [1.29, 1.82) is 0 Å². The molecule has 1 aromatic carbocycles. The predicted molar refractivity (Wildman–Crippen MR) is 119 cm³/mol. The van der Waals surface area contributed by atoms with Crippen molar-refractivity contribution in [1.82, 2.24) is 14.7 Å². The van der Waals surface area contributed by atoms with E-state index in [2.05, 4.69) is 9.80 Å². The molecule has 31 heavy (non-hydrogen) atoms. The van der Waals surface area contributed by atoms with Gasteiger partial charge in [0.05, 0.1) is 5.56 Å². The van der Waals surface area contributed by atoms with E-state index >= 15 is 0 Å². The highest BCUT2D eigenvalue weighted by molar-refractivity contribution is 5.94. The molecule has 0 bridgehead atoms.